The van der Waals surface area contributed by atoms with Crippen LogP contribution in [0.5, 0.6) is 5.75 Å². The van der Waals surface area contributed by atoms with Gasteiger partial charge in [0.2, 0.25) is 0 Å². The van der Waals surface area contributed by atoms with Crippen molar-refractivity contribution in [2.45, 2.75) is 20.3 Å². The van der Waals surface area contributed by atoms with Crippen LogP contribution in [-0.4, -0.2) is 30.5 Å². The zero-order valence-electron chi connectivity index (χ0n) is 14.3. The molecule has 3 heteroatoms. The number of hydrogen-bond donors (Lipinski definition) is 0. The van der Waals surface area contributed by atoms with Gasteiger partial charge in [-0.25, -0.2) is 0 Å². The Morgan fingerprint density at radius 1 is 1.04 bits per heavy atom. The average molecular weight is 321 g/mol. The van der Waals surface area contributed by atoms with Crippen molar-refractivity contribution in [3.8, 4) is 5.75 Å². The van der Waals surface area contributed by atoms with Gasteiger partial charge in [0.15, 0.2) is 6.61 Å². The summed E-state index contributed by atoms with van der Waals surface area (Å²) in [5.74, 6) is 0.865. The fourth-order valence-corrected chi connectivity index (χ4v) is 3.06. The Bertz CT molecular complexity index is 729. The Kier molecular flexibility index (Phi) is 4.99. The first-order valence-electron chi connectivity index (χ1n) is 8.36. The molecule has 2 aromatic carbocycles. The Labute approximate surface area is 143 Å². The van der Waals surface area contributed by atoms with Gasteiger partial charge in [0.25, 0.3) is 5.91 Å². The summed E-state index contributed by atoms with van der Waals surface area (Å²) in [5.41, 5.74) is 4.69. The van der Waals surface area contributed by atoms with Crippen LogP contribution in [-0.2, 0) is 4.79 Å². The summed E-state index contributed by atoms with van der Waals surface area (Å²) in [6, 6.07) is 16.4. The van der Waals surface area contributed by atoms with Gasteiger partial charge < -0.3 is 9.64 Å². The quantitative estimate of drug-likeness (QED) is 0.852. The molecule has 124 valence electrons. The third-order valence-corrected chi connectivity index (χ3v) is 4.46. The Hall–Kier alpha value is -2.55. The lowest BCUT2D eigenvalue weighted by Gasteiger charge is -2.27. The molecule has 1 heterocycles. The number of carbonyl (C=O) groups is 1. The molecule has 1 aliphatic heterocycles. The fraction of sp³-hybridized carbons (Fsp3) is 0.286. The minimum Gasteiger partial charge on any atom is -0.483 e. The van der Waals surface area contributed by atoms with E-state index in [1.807, 2.05) is 55.1 Å². The smallest absolute Gasteiger partial charge is 0.260 e. The van der Waals surface area contributed by atoms with E-state index in [1.165, 1.54) is 11.1 Å². The van der Waals surface area contributed by atoms with Crippen LogP contribution in [0.2, 0.25) is 0 Å². The molecule has 0 bridgehead atoms. The van der Waals surface area contributed by atoms with Gasteiger partial charge in [0.05, 0.1) is 0 Å². The van der Waals surface area contributed by atoms with Crippen LogP contribution in [0.4, 0.5) is 0 Å². The molecule has 1 amide bonds. The second-order valence-corrected chi connectivity index (χ2v) is 6.19. The standard InChI is InChI=1S/C21H23NO2/c1-16-7-6-8-17(2)21(16)24-15-20(23)22-13-11-19(12-14-22)18-9-4-3-5-10-18/h3-11H,12-15H2,1-2H3. The van der Waals surface area contributed by atoms with E-state index in [1.54, 1.807) is 0 Å². The minimum absolute atomic E-state index is 0.0426. The topological polar surface area (TPSA) is 29.5 Å². The van der Waals surface area contributed by atoms with Crippen molar-refractivity contribution in [2.75, 3.05) is 19.7 Å². The van der Waals surface area contributed by atoms with Gasteiger partial charge in [-0.3, -0.25) is 4.79 Å². The van der Waals surface area contributed by atoms with Gasteiger partial charge in [0, 0.05) is 13.1 Å². The summed E-state index contributed by atoms with van der Waals surface area (Å²) in [5, 5.41) is 0. The van der Waals surface area contributed by atoms with Gasteiger partial charge in [-0.15, -0.1) is 0 Å². The van der Waals surface area contributed by atoms with E-state index >= 15 is 0 Å². The molecule has 1 aliphatic rings. The lowest BCUT2D eigenvalue weighted by atomic mass is 10.00. The van der Waals surface area contributed by atoms with Crippen LogP contribution in [0.3, 0.4) is 0 Å². The predicted molar refractivity (Wildman–Crippen MR) is 97.0 cm³/mol. The molecule has 0 atom stereocenters. The summed E-state index contributed by atoms with van der Waals surface area (Å²) < 4.78 is 5.78. The zero-order chi connectivity index (χ0) is 16.9. The lowest BCUT2D eigenvalue weighted by Crippen LogP contribution is -2.38. The number of aryl methyl sites for hydroxylation is 2. The van der Waals surface area contributed by atoms with Gasteiger partial charge in [-0.05, 0) is 42.5 Å². The Morgan fingerprint density at radius 2 is 1.75 bits per heavy atom. The van der Waals surface area contributed by atoms with Gasteiger partial charge in [0.1, 0.15) is 5.75 Å². The second-order valence-electron chi connectivity index (χ2n) is 6.19. The largest absolute Gasteiger partial charge is 0.483 e. The van der Waals surface area contributed by atoms with Crippen molar-refractivity contribution in [1.82, 2.24) is 4.90 Å². The number of rotatable bonds is 4. The van der Waals surface area contributed by atoms with Crippen molar-refractivity contribution >= 4 is 11.5 Å². The number of amides is 1. The molecule has 0 aromatic heterocycles. The molecular formula is C21H23NO2. The van der Waals surface area contributed by atoms with E-state index in [4.69, 9.17) is 4.74 Å². The number of nitrogens with zero attached hydrogens (tertiary/aromatic N) is 1. The molecule has 0 radical (unpaired) electrons. The number of carbonyl (C=O) groups excluding carboxylic acids is 1. The van der Waals surface area contributed by atoms with Crippen LogP contribution < -0.4 is 4.74 Å². The Morgan fingerprint density at radius 3 is 2.38 bits per heavy atom. The first-order chi connectivity index (χ1) is 11.6. The highest BCUT2D eigenvalue weighted by atomic mass is 16.5. The van der Waals surface area contributed by atoms with E-state index in [0.29, 0.717) is 6.54 Å². The number of benzene rings is 2. The monoisotopic (exact) mass is 321 g/mol. The SMILES string of the molecule is Cc1cccc(C)c1OCC(=O)N1CC=C(c2ccccc2)CC1. The third kappa shape index (κ3) is 3.67. The number of para-hydroxylation sites is 1. The maximum Gasteiger partial charge on any atom is 0.260 e. The van der Waals surface area contributed by atoms with E-state index in [2.05, 4.69) is 18.2 Å². The highest BCUT2D eigenvalue weighted by Crippen LogP contribution is 2.24. The molecule has 0 N–H and O–H groups in total. The molecular weight excluding hydrogens is 298 g/mol. The van der Waals surface area contributed by atoms with E-state index in [9.17, 15) is 4.79 Å². The first kappa shape index (κ1) is 16.3. The highest BCUT2D eigenvalue weighted by molar-refractivity contribution is 5.79. The van der Waals surface area contributed by atoms with Crippen molar-refractivity contribution in [2.24, 2.45) is 0 Å². The van der Waals surface area contributed by atoms with E-state index in [-0.39, 0.29) is 12.5 Å². The molecule has 0 saturated carbocycles. The summed E-state index contributed by atoms with van der Waals surface area (Å²) in [4.78, 5) is 14.3. The predicted octanol–water partition coefficient (Wildman–Crippen LogP) is 4.00. The molecule has 0 aliphatic carbocycles. The van der Waals surface area contributed by atoms with Crippen molar-refractivity contribution in [3.05, 3.63) is 71.3 Å². The average Bonchev–Trinajstić information content (AvgIpc) is 2.62. The maximum atomic E-state index is 12.4. The number of hydrogen-bond acceptors (Lipinski definition) is 2. The second kappa shape index (κ2) is 7.35. The summed E-state index contributed by atoms with van der Waals surface area (Å²) in [6.45, 7) is 5.50. The van der Waals surface area contributed by atoms with E-state index < -0.39 is 0 Å². The molecule has 0 saturated heterocycles. The van der Waals surface area contributed by atoms with Crippen LogP contribution in [0.25, 0.3) is 5.57 Å². The summed E-state index contributed by atoms with van der Waals surface area (Å²) in [7, 11) is 0. The molecule has 3 rings (SSSR count). The molecule has 24 heavy (non-hydrogen) atoms. The third-order valence-electron chi connectivity index (χ3n) is 4.46. The Balaban J connectivity index is 1.58. The summed E-state index contributed by atoms with van der Waals surface area (Å²) in [6.07, 6.45) is 3.04. The minimum atomic E-state index is 0.0426. The molecule has 0 fully saturated rings. The molecule has 0 unspecified atom stereocenters. The zero-order valence-corrected chi connectivity index (χ0v) is 14.3. The van der Waals surface area contributed by atoms with Crippen LogP contribution in [0.1, 0.15) is 23.1 Å². The number of ether oxygens (including phenoxy) is 1. The van der Waals surface area contributed by atoms with E-state index in [0.717, 1.165) is 29.8 Å². The van der Waals surface area contributed by atoms with Crippen LogP contribution >= 0.6 is 0 Å². The normalized spacial score (nSPS) is 14.2. The van der Waals surface area contributed by atoms with Crippen molar-refractivity contribution in [3.63, 3.8) is 0 Å². The molecule has 3 nitrogen and oxygen atoms in total. The summed E-state index contributed by atoms with van der Waals surface area (Å²) >= 11 is 0. The lowest BCUT2D eigenvalue weighted by molar-refractivity contribution is -0.132. The first-order valence-corrected chi connectivity index (χ1v) is 8.36. The van der Waals surface area contributed by atoms with Gasteiger partial charge in [-0.2, -0.15) is 0 Å². The van der Waals surface area contributed by atoms with Crippen molar-refractivity contribution in [1.29, 1.82) is 0 Å². The maximum absolute atomic E-state index is 12.4. The van der Waals surface area contributed by atoms with Crippen LogP contribution in [0.15, 0.2) is 54.6 Å². The highest BCUT2D eigenvalue weighted by Gasteiger charge is 2.18. The van der Waals surface area contributed by atoms with Crippen LogP contribution in [0, 0.1) is 13.8 Å². The van der Waals surface area contributed by atoms with Crippen molar-refractivity contribution < 1.29 is 9.53 Å². The van der Waals surface area contributed by atoms with Gasteiger partial charge in [-0.1, -0.05) is 54.6 Å². The fourth-order valence-electron chi connectivity index (χ4n) is 3.06. The molecule has 0 spiro atoms. The van der Waals surface area contributed by atoms with Gasteiger partial charge >= 0.3 is 0 Å². The molecule has 2 aromatic rings.